The molecule has 13 rings (SSSR count). The van der Waals surface area contributed by atoms with Gasteiger partial charge in [0.15, 0.2) is 0 Å². The van der Waals surface area contributed by atoms with E-state index in [0.29, 0.717) is 0 Å². The van der Waals surface area contributed by atoms with E-state index in [1.54, 1.807) is 0 Å². The summed E-state index contributed by atoms with van der Waals surface area (Å²) in [5.74, 6) is 0.246. The van der Waals surface area contributed by atoms with E-state index < -0.39 is 0 Å². The summed E-state index contributed by atoms with van der Waals surface area (Å²) >= 11 is 0. The van der Waals surface area contributed by atoms with Crippen molar-refractivity contribution < 1.29 is 8.83 Å². The van der Waals surface area contributed by atoms with Crippen molar-refractivity contribution in [1.82, 2.24) is 0 Å². The lowest BCUT2D eigenvalue weighted by molar-refractivity contribution is 0.669. The van der Waals surface area contributed by atoms with Crippen LogP contribution in [0.5, 0.6) is 0 Å². The Labute approximate surface area is 370 Å². The number of hydrogen-bond acceptors (Lipinski definition) is 4. The second-order valence-electron chi connectivity index (χ2n) is 16.8. The Morgan fingerprint density at radius 2 is 0.984 bits per heavy atom. The number of allylic oxidation sites excluding steroid dienone is 2. The van der Waals surface area contributed by atoms with Crippen LogP contribution in [0.4, 0.5) is 28.4 Å². The van der Waals surface area contributed by atoms with Crippen LogP contribution in [-0.2, 0) is 0 Å². The second kappa shape index (κ2) is 14.6. The summed E-state index contributed by atoms with van der Waals surface area (Å²) in [4.78, 5) is 4.83. The first-order valence-electron chi connectivity index (χ1n) is 22.0. The molecular weight excluding hydrogens is 781 g/mol. The van der Waals surface area contributed by atoms with Gasteiger partial charge < -0.3 is 18.6 Å². The van der Waals surface area contributed by atoms with E-state index in [9.17, 15) is 0 Å². The zero-order valence-electron chi connectivity index (χ0n) is 34.8. The highest BCUT2D eigenvalue weighted by Crippen LogP contribution is 2.49. The molecule has 9 aromatic carbocycles. The van der Waals surface area contributed by atoms with E-state index in [1.807, 2.05) is 24.3 Å². The molecule has 64 heavy (non-hydrogen) atoms. The van der Waals surface area contributed by atoms with Crippen molar-refractivity contribution in [2.45, 2.75) is 12.0 Å². The van der Waals surface area contributed by atoms with Crippen molar-refractivity contribution in [1.29, 1.82) is 0 Å². The third-order valence-electron chi connectivity index (χ3n) is 13.2. The standard InChI is InChI=1S/C60H40N2O2/c1-2-14-43(15-3-1)62-55-24-7-4-17-49(55)54-38-41(31-36-56(54)62)39-27-32-44(33-28-39)61(45-34-29-40(30-35-45)47-20-11-22-52-50-18-5-8-25-57(50)63-59(47)52)46-16-10-13-42(37-46)48-21-12-23-53-51-19-6-9-26-58(51)64-60(48)53/h1-38,54,56H. The van der Waals surface area contributed by atoms with Gasteiger partial charge >= 0.3 is 0 Å². The third kappa shape index (κ3) is 5.84. The first kappa shape index (κ1) is 36.3. The van der Waals surface area contributed by atoms with Crippen molar-refractivity contribution in [3.8, 4) is 22.3 Å². The van der Waals surface area contributed by atoms with Crippen molar-refractivity contribution in [3.63, 3.8) is 0 Å². The van der Waals surface area contributed by atoms with Crippen LogP contribution in [0, 0.1) is 0 Å². The van der Waals surface area contributed by atoms with Gasteiger partial charge in [0, 0.05) is 67.0 Å². The molecule has 0 bridgehead atoms. The highest BCUT2D eigenvalue weighted by molar-refractivity contribution is 6.11. The van der Waals surface area contributed by atoms with Gasteiger partial charge in [-0.3, -0.25) is 0 Å². The van der Waals surface area contributed by atoms with Gasteiger partial charge in [-0.15, -0.1) is 0 Å². The molecule has 2 aromatic heterocycles. The molecule has 0 saturated carbocycles. The second-order valence-corrected chi connectivity index (χ2v) is 16.8. The molecule has 0 radical (unpaired) electrons. The van der Waals surface area contributed by atoms with E-state index in [0.717, 1.165) is 83.2 Å². The van der Waals surface area contributed by atoms with E-state index in [-0.39, 0.29) is 12.0 Å². The maximum atomic E-state index is 6.52. The van der Waals surface area contributed by atoms with Gasteiger partial charge in [-0.2, -0.15) is 0 Å². The van der Waals surface area contributed by atoms with Crippen molar-refractivity contribution >= 4 is 77.9 Å². The molecule has 4 heteroatoms. The zero-order chi connectivity index (χ0) is 42.1. The molecule has 4 nitrogen and oxygen atoms in total. The lowest BCUT2D eigenvalue weighted by Gasteiger charge is -2.30. The highest BCUT2D eigenvalue weighted by Gasteiger charge is 2.38. The fourth-order valence-corrected chi connectivity index (χ4v) is 10.2. The maximum absolute atomic E-state index is 6.52. The number of para-hydroxylation sites is 6. The molecular formula is C60H40N2O2. The molecule has 11 aromatic rings. The summed E-state index contributed by atoms with van der Waals surface area (Å²) in [6.07, 6.45) is 7.15. The number of hydrogen-bond donors (Lipinski definition) is 0. The minimum absolute atomic E-state index is 0.220. The molecule has 2 atom stereocenters. The Bertz CT molecular complexity index is 3630. The zero-order valence-corrected chi connectivity index (χ0v) is 34.8. The normalized spacial score (nSPS) is 15.5. The Morgan fingerprint density at radius 3 is 1.67 bits per heavy atom. The van der Waals surface area contributed by atoms with Crippen LogP contribution in [0.15, 0.2) is 239 Å². The quantitative estimate of drug-likeness (QED) is 0.160. The van der Waals surface area contributed by atoms with Crippen molar-refractivity contribution in [3.05, 3.63) is 242 Å². The summed E-state index contributed by atoms with van der Waals surface area (Å²) in [6, 6.07) is 75.9. The van der Waals surface area contributed by atoms with E-state index in [2.05, 4.69) is 216 Å². The fraction of sp³-hybridized carbons (Fsp3) is 0.0333. The Balaban J connectivity index is 0.895. The van der Waals surface area contributed by atoms with Gasteiger partial charge in [0.25, 0.3) is 0 Å². The van der Waals surface area contributed by atoms with E-state index in [1.165, 1.54) is 28.1 Å². The van der Waals surface area contributed by atoms with Gasteiger partial charge in [-0.05, 0) is 94.6 Å². The van der Waals surface area contributed by atoms with E-state index >= 15 is 0 Å². The molecule has 3 heterocycles. The summed E-state index contributed by atoms with van der Waals surface area (Å²) in [5, 5.41) is 4.50. The van der Waals surface area contributed by atoms with E-state index in [4.69, 9.17) is 8.83 Å². The monoisotopic (exact) mass is 820 g/mol. The lowest BCUT2D eigenvalue weighted by Crippen LogP contribution is -2.28. The number of furan rings is 2. The summed E-state index contributed by atoms with van der Waals surface area (Å²) < 4.78 is 13.0. The van der Waals surface area contributed by atoms with Crippen LogP contribution in [-0.4, -0.2) is 6.04 Å². The first-order valence-corrected chi connectivity index (χ1v) is 22.0. The molecule has 0 amide bonds. The van der Waals surface area contributed by atoms with Crippen molar-refractivity contribution in [2.75, 3.05) is 9.80 Å². The Hall–Kier alpha value is -8.34. The predicted octanol–water partition coefficient (Wildman–Crippen LogP) is 16.5. The number of anilines is 5. The molecule has 0 fully saturated rings. The van der Waals surface area contributed by atoms with Crippen LogP contribution in [0.25, 0.3) is 71.7 Å². The first-order chi connectivity index (χ1) is 31.7. The summed E-state index contributed by atoms with van der Waals surface area (Å²) in [6.45, 7) is 0. The number of rotatable bonds is 7. The van der Waals surface area contributed by atoms with Crippen LogP contribution < -0.4 is 9.80 Å². The van der Waals surface area contributed by atoms with Crippen LogP contribution in [0.2, 0.25) is 0 Å². The van der Waals surface area contributed by atoms with Gasteiger partial charge in [-0.1, -0.05) is 164 Å². The van der Waals surface area contributed by atoms with Crippen LogP contribution in [0.1, 0.15) is 17.0 Å². The Morgan fingerprint density at radius 1 is 0.422 bits per heavy atom. The molecule has 2 unspecified atom stereocenters. The predicted molar refractivity (Wildman–Crippen MR) is 265 cm³/mol. The largest absolute Gasteiger partial charge is 0.455 e. The average Bonchev–Trinajstić information content (AvgIpc) is 4.05. The molecule has 302 valence electrons. The number of benzene rings is 9. The van der Waals surface area contributed by atoms with Gasteiger partial charge in [-0.25, -0.2) is 0 Å². The third-order valence-corrected chi connectivity index (χ3v) is 13.2. The topological polar surface area (TPSA) is 32.8 Å². The summed E-state index contributed by atoms with van der Waals surface area (Å²) in [5.41, 5.74) is 17.4. The van der Waals surface area contributed by atoms with Crippen molar-refractivity contribution in [2.24, 2.45) is 0 Å². The Kier molecular flexibility index (Phi) is 8.31. The molecule has 2 aliphatic rings. The van der Waals surface area contributed by atoms with Crippen LogP contribution in [0.3, 0.4) is 0 Å². The minimum Gasteiger partial charge on any atom is -0.455 e. The van der Waals surface area contributed by atoms with Gasteiger partial charge in [0.05, 0.1) is 6.04 Å². The molecule has 0 saturated heterocycles. The molecule has 0 spiro atoms. The smallest absolute Gasteiger partial charge is 0.143 e. The SMILES string of the molecule is C1=CC2C(C=C1c1ccc(N(c3ccc(-c4cccc5c4oc4ccccc45)cc3)c3cccc(-c4cccc5c4oc4ccccc45)c3)cc1)c1ccccc1N2c1ccccc1. The highest BCUT2D eigenvalue weighted by atomic mass is 16.3. The summed E-state index contributed by atoms with van der Waals surface area (Å²) in [7, 11) is 0. The van der Waals surface area contributed by atoms with Gasteiger partial charge in [0.2, 0.25) is 0 Å². The molecule has 1 aliphatic heterocycles. The average molecular weight is 821 g/mol. The number of nitrogens with zero attached hydrogens (tertiary/aromatic N) is 2. The molecule has 0 N–H and O–H groups in total. The number of fused-ring (bicyclic) bond motifs is 9. The lowest BCUT2D eigenvalue weighted by atomic mass is 9.86. The minimum atomic E-state index is 0.220. The van der Waals surface area contributed by atoms with Gasteiger partial charge in [0.1, 0.15) is 22.3 Å². The molecule has 1 aliphatic carbocycles. The maximum Gasteiger partial charge on any atom is 0.143 e. The fourth-order valence-electron chi connectivity index (χ4n) is 10.2. The van der Waals surface area contributed by atoms with Crippen LogP contribution >= 0.6 is 0 Å².